The molecule has 22 heavy (non-hydrogen) atoms. The van der Waals surface area contributed by atoms with Gasteiger partial charge in [-0.15, -0.1) is 0 Å². The number of hydrogen-bond donors (Lipinski definition) is 0. The zero-order valence-corrected chi connectivity index (χ0v) is 12.6. The normalized spacial score (nSPS) is 16.3. The number of likely N-dealkylation sites (N-methyl/N-ethyl adjacent to an activating group) is 1. The lowest BCUT2D eigenvalue weighted by atomic mass is 10.2. The monoisotopic (exact) mass is 297 g/mol. The van der Waals surface area contributed by atoms with Crippen LogP contribution in [-0.2, 0) is 0 Å². The lowest BCUT2D eigenvalue weighted by molar-refractivity contribution is 0.112. The zero-order chi connectivity index (χ0) is 15.4. The molecular formula is C16H19N5O. The lowest BCUT2D eigenvalue weighted by Gasteiger charge is -2.21. The van der Waals surface area contributed by atoms with Gasteiger partial charge in [-0.25, -0.2) is 4.98 Å². The van der Waals surface area contributed by atoms with Crippen LogP contribution in [-0.4, -0.2) is 59.4 Å². The van der Waals surface area contributed by atoms with Crippen LogP contribution in [0, 0.1) is 0 Å². The molecule has 0 aromatic carbocycles. The van der Waals surface area contributed by atoms with Crippen molar-refractivity contribution >= 4 is 12.1 Å². The van der Waals surface area contributed by atoms with Crippen molar-refractivity contribution in [2.45, 2.75) is 6.42 Å². The number of aromatic nitrogens is 3. The lowest BCUT2D eigenvalue weighted by Crippen LogP contribution is -2.29. The maximum atomic E-state index is 10.9. The molecule has 0 saturated carbocycles. The number of pyridine rings is 1. The molecule has 2 aromatic heterocycles. The molecule has 0 spiro atoms. The van der Waals surface area contributed by atoms with E-state index in [1.165, 1.54) is 0 Å². The van der Waals surface area contributed by atoms with Crippen LogP contribution in [0.3, 0.4) is 0 Å². The minimum atomic E-state index is 0.543. The Hall–Kier alpha value is -2.34. The molecule has 1 aliphatic rings. The van der Waals surface area contributed by atoms with E-state index in [0.29, 0.717) is 5.56 Å². The molecule has 6 heteroatoms. The summed E-state index contributed by atoms with van der Waals surface area (Å²) in [5.41, 5.74) is 2.10. The fraction of sp³-hybridized carbons (Fsp3) is 0.375. The minimum absolute atomic E-state index is 0.543. The second kappa shape index (κ2) is 6.62. The first-order valence-corrected chi connectivity index (χ1v) is 7.42. The van der Waals surface area contributed by atoms with Crippen LogP contribution in [0.4, 0.5) is 5.82 Å². The fourth-order valence-corrected chi connectivity index (χ4v) is 2.58. The number of nitrogens with zero attached hydrogens (tertiary/aromatic N) is 5. The van der Waals surface area contributed by atoms with Crippen molar-refractivity contribution in [1.82, 2.24) is 19.9 Å². The highest BCUT2D eigenvalue weighted by Gasteiger charge is 2.14. The second-order valence-electron chi connectivity index (χ2n) is 5.53. The third-order valence-corrected chi connectivity index (χ3v) is 3.86. The summed E-state index contributed by atoms with van der Waals surface area (Å²) in [4.78, 5) is 28.6. The van der Waals surface area contributed by atoms with Crippen LogP contribution in [0.2, 0.25) is 0 Å². The maximum Gasteiger partial charge on any atom is 0.151 e. The molecule has 0 unspecified atom stereocenters. The third kappa shape index (κ3) is 3.28. The number of aldehydes is 1. The highest BCUT2D eigenvalue weighted by molar-refractivity contribution is 5.77. The molecule has 6 nitrogen and oxygen atoms in total. The van der Waals surface area contributed by atoms with Crippen molar-refractivity contribution in [3.63, 3.8) is 0 Å². The Morgan fingerprint density at radius 1 is 1.05 bits per heavy atom. The second-order valence-corrected chi connectivity index (χ2v) is 5.53. The number of carbonyl (C=O) groups excluding carboxylic acids is 1. The molecule has 0 N–H and O–H groups in total. The van der Waals surface area contributed by atoms with Gasteiger partial charge in [0.25, 0.3) is 0 Å². The van der Waals surface area contributed by atoms with Crippen molar-refractivity contribution in [3.8, 4) is 11.3 Å². The van der Waals surface area contributed by atoms with E-state index in [9.17, 15) is 4.79 Å². The van der Waals surface area contributed by atoms with Gasteiger partial charge < -0.3 is 9.80 Å². The van der Waals surface area contributed by atoms with Crippen LogP contribution < -0.4 is 4.90 Å². The van der Waals surface area contributed by atoms with Gasteiger partial charge in [0.2, 0.25) is 0 Å². The zero-order valence-electron chi connectivity index (χ0n) is 12.6. The predicted octanol–water partition coefficient (Wildman–Crippen LogP) is 1.49. The summed E-state index contributed by atoms with van der Waals surface area (Å²) in [5, 5.41) is 0. The van der Waals surface area contributed by atoms with Gasteiger partial charge in [0.15, 0.2) is 6.29 Å². The topological polar surface area (TPSA) is 62.2 Å². The summed E-state index contributed by atoms with van der Waals surface area (Å²) in [7, 11) is 2.14. The van der Waals surface area contributed by atoms with E-state index < -0.39 is 0 Å². The van der Waals surface area contributed by atoms with Gasteiger partial charge in [-0.05, 0) is 26.1 Å². The van der Waals surface area contributed by atoms with Gasteiger partial charge in [-0.3, -0.25) is 14.8 Å². The van der Waals surface area contributed by atoms with E-state index in [1.54, 1.807) is 30.9 Å². The SMILES string of the molecule is CN1CCCN(c2cncc(-c3cncc(C=O)c3)n2)CC1. The average molecular weight is 297 g/mol. The van der Waals surface area contributed by atoms with Gasteiger partial charge in [-0.2, -0.15) is 0 Å². The van der Waals surface area contributed by atoms with Crippen molar-refractivity contribution in [1.29, 1.82) is 0 Å². The molecule has 0 amide bonds. The van der Waals surface area contributed by atoms with E-state index in [0.717, 1.165) is 56.0 Å². The molecule has 1 fully saturated rings. The van der Waals surface area contributed by atoms with Crippen molar-refractivity contribution in [2.75, 3.05) is 38.1 Å². The molecule has 0 atom stereocenters. The van der Waals surface area contributed by atoms with E-state index in [1.807, 2.05) is 0 Å². The van der Waals surface area contributed by atoms with Crippen LogP contribution in [0.25, 0.3) is 11.3 Å². The van der Waals surface area contributed by atoms with Crippen LogP contribution in [0.5, 0.6) is 0 Å². The molecule has 0 radical (unpaired) electrons. The molecule has 1 aliphatic heterocycles. The molecular weight excluding hydrogens is 278 g/mol. The van der Waals surface area contributed by atoms with Crippen LogP contribution in [0.15, 0.2) is 30.9 Å². The number of hydrogen-bond acceptors (Lipinski definition) is 6. The number of carbonyl (C=O) groups is 1. The molecule has 114 valence electrons. The highest BCUT2D eigenvalue weighted by Crippen LogP contribution is 2.20. The van der Waals surface area contributed by atoms with Crippen molar-refractivity contribution < 1.29 is 4.79 Å². The van der Waals surface area contributed by atoms with Crippen molar-refractivity contribution in [3.05, 3.63) is 36.4 Å². The van der Waals surface area contributed by atoms with E-state index in [4.69, 9.17) is 4.98 Å². The first-order valence-electron chi connectivity index (χ1n) is 7.42. The standard InChI is InChI=1S/C16H19N5O/c1-20-3-2-4-21(6-5-20)16-11-18-10-15(19-16)14-7-13(12-22)8-17-9-14/h7-12H,2-6H2,1H3. The maximum absolute atomic E-state index is 10.9. The molecule has 1 saturated heterocycles. The number of rotatable bonds is 3. The van der Waals surface area contributed by atoms with Crippen LogP contribution in [0.1, 0.15) is 16.8 Å². The predicted molar refractivity (Wildman–Crippen MR) is 85.0 cm³/mol. The number of anilines is 1. The van der Waals surface area contributed by atoms with Gasteiger partial charge in [0.05, 0.1) is 18.1 Å². The van der Waals surface area contributed by atoms with E-state index in [2.05, 4.69) is 26.8 Å². The quantitative estimate of drug-likeness (QED) is 0.800. The van der Waals surface area contributed by atoms with Gasteiger partial charge in [0, 0.05) is 43.2 Å². The minimum Gasteiger partial charge on any atom is -0.354 e. The van der Waals surface area contributed by atoms with Gasteiger partial charge in [0.1, 0.15) is 5.82 Å². The van der Waals surface area contributed by atoms with Crippen LogP contribution >= 0.6 is 0 Å². The summed E-state index contributed by atoms with van der Waals surface area (Å²) >= 11 is 0. The van der Waals surface area contributed by atoms with Gasteiger partial charge >= 0.3 is 0 Å². The molecule has 0 aliphatic carbocycles. The largest absolute Gasteiger partial charge is 0.354 e. The molecule has 3 heterocycles. The molecule has 2 aromatic rings. The third-order valence-electron chi connectivity index (χ3n) is 3.86. The molecule has 3 rings (SSSR count). The first kappa shape index (κ1) is 14.6. The highest BCUT2D eigenvalue weighted by atomic mass is 16.1. The Kier molecular flexibility index (Phi) is 4.39. The fourth-order valence-electron chi connectivity index (χ4n) is 2.58. The van der Waals surface area contributed by atoms with E-state index >= 15 is 0 Å². The molecule has 0 bridgehead atoms. The summed E-state index contributed by atoms with van der Waals surface area (Å²) in [6.45, 7) is 4.05. The Balaban J connectivity index is 1.87. The Labute approximate surface area is 129 Å². The first-order chi connectivity index (χ1) is 10.8. The summed E-state index contributed by atoms with van der Waals surface area (Å²) in [6, 6.07) is 1.78. The Bertz CT molecular complexity index is 660. The van der Waals surface area contributed by atoms with Crippen molar-refractivity contribution in [2.24, 2.45) is 0 Å². The summed E-state index contributed by atoms with van der Waals surface area (Å²) in [5.74, 6) is 0.879. The Morgan fingerprint density at radius 3 is 2.77 bits per heavy atom. The smallest absolute Gasteiger partial charge is 0.151 e. The van der Waals surface area contributed by atoms with Gasteiger partial charge in [-0.1, -0.05) is 0 Å². The summed E-state index contributed by atoms with van der Waals surface area (Å²) in [6.07, 6.45) is 8.66. The summed E-state index contributed by atoms with van der Waals surface area (Å²) < 4.78 is 0. The van der Waals surface area contributed by atoms with E-state index in [-0.39, 0.29) is 0 Å². The Morgan fingerprint density at radius 2 is 1.91 bits per heavy atom. The average Bonchev–Trinajstić information content (AvgIpc) is 2.80.